The van der Waals surface area contributed by atoms with Crippen molar-refractivity contribution < 1.29 is 4.39 Å². The topological polar surface area (TPSA) is 4.36 Å². The third kappa shape index (κ3) is 2.20. The van der Waals surface area contributed by atoms with Crippen LogP contribution in [-0.4, -0.2) is 12.7 Å². The molecule has 0 aromatic heterocycles. The fourth-order valence-corrected chi connectivity index (χ4v) is 2.18. The molecule has 12 heavy (non-hydrogen) atoms. The number of halogens is 1. The van der Waals surface area contributed by atoms with Gasteiger partial charge in [-0.1, -0.05) is 12.8 Å². The Morgan fingerprint density at radius 1 is 1.50 bits per heavy atom. The van der Waals surface area contributed by atoms with Gasteiger partial charge in [0.15, 0.2) is 0 Å². The Labute approximate surface area is 73.8 Å². The van der Waals surface area contributed by atoms with Gasteiger partial charge in [-0.15, -0.1) is 0 Å². The van der Waals surface area contributed by atoms with E-state index >= 15 is 0 Å². The van der Waals surface area contributed by atoms with E-state index in [0.29, 0.717) is 12.5 Å². The van der Waals surface area contributed by atoms with Gasteiger partial charge in [-0.2, -0.15) is 0 Å². The van der Waals surface area contributed by atoms with Gasteiger partial charge in [0.2, 0.25) is 6.54 Å². The Morgan fingerprint density at radius 3 is 2.75 bits per heavy atom. The van der Waals surface area contributed by atoms with Crippen molar-refractivity contribution >= 4 is 0 Å². The highest BCUT2D eigenvalue weighted by atomic mass is 19.1. The predicted molar refractivity (Wildman–Crippen MR) is 47.5 cm³/mol. The second kappa shape index (κ2) is 4.45. The average Bonchev–Trinajstić information content (AvgIpc) is 2.05. The molecule has 0 bridgehead atoms. The summed E-state index contributed by atoms with van der Waals surface area (Å²) in [5.41, 5.74) is 0. The second-order valence-electron chi connectivity index (χ2n) is 3.73. The van der Waals surface area contributed by atoms with Crippen LogP contribution < -0.4 is 0 Å². The smallest absolute Gasteiger partial charge is 0.217 e. The van der Waals surface area contributed by atoms with Crippen LogP contribution in [0.25, 0.3) is 4.85 Å². The lowest BCUT2D eigenvalue weighted by Gasteiger charge is -2.29. The van der Waals surface area contributed by atoms with Crippen molar-refractivity contribution in [2.45, 2.75) is 38.8 Å². The molecule has 2 heteroatoms. The van der Waals surface area contributed by atoms with E-state index in [1.165, 1.54) is 6.42 Å². The highest BCUT2D eigenvalue weighted by molar-refractivity contribution is 4.83. The zero-order valence-electron chi connectivity index (χ0n) is 7.59. The molecule has 0 aliphatic heterocycles. The van der Waals surface area contributed by atoms with Crippen molar-refractivity contribution in [2.24, 2.45) is 11.8 Å². The van der Waals surface area contributed by atoms with Gasteiger partial charge in [-0.05, 0) is 25.7 Å². The molecule has 0 radical (unpaired) electrons. The zero-order chi connectivity index (χ0) is 8.97. The van der Waals surface area contributed by atoms with Gasteiger partial charge in [0.1, 0.15) is 6.17 Å². The highest BCUT2D eigenvalue weighted by Gasteiger charge is 2.31. The predicted octanol–water partition coefficient (Wildman–Crippen LogP) is 3.07. The summed E-state index contributed by atoms with van der Waals surface area (Å²) in [6.07, 6.45) is 3.65. The molecule has 0 aromatic rings. The summed E-state index contributed by atoms with van der Waals surface area (Å²) in [4.78, 5) is 3.38. The minimum Gasteiger partial charge on any atom is -0.317 e. The molecule has 0 N–H and O–H groups in total. The molecule has 1 aliphatic carbocycles. The highest BCUT2D eigenvalue weighted by Crippen LogP contribution is 2.33. The SMILES string of the molecule is [C-]#[N+]CC1CCCCC1C(C)F. The summed E-state index contributed by atoms with van der Waals surface area (Å²) in [6.45, 7) is 8.93. The molecule has 3 atom stereocenters. The first-order valence-electron chi connectivity index (χ1n) is 4.73. The van der Waals surface area contributed by atoms with Gasteiger partial charge >= 0.3 is 0 Å². The molecule has 0 aromatic carbocycles. The van der Waals surface area contributed by atoms with Gasteiger partial charge in [0.05, 0.1) is 0 Å². The number of hydrogen-bond donors (Lipinski definition) is 0. The minimum absolute atomic E-state index is 0.160. The Bertz CT molecular complexity index is 171. The first kappa shape index (κ1) is 9.51. The summed E-state index contributed by atoms with van der Waals surface area (Å²) in [7, 11) is 0. The largest absolute Gasteiger partial charge is 0.317 e. The summed E-state index contributed by atoms with van der Waals surface area (Å²) < 4.78 is 13.1. The molecule has 1 nitrogen and oxygen atoms in total. The third-order valence-corrected chi connectivity index (χ3v) is 2.88. The summed E-state index contributed by atoms with van der Waals surface area (Å²) in [5.74, 6) is 0.490. The van der Waals surface area contributed by atoms with Crippen LogP contribution in [0.5, 0.6) is 0 Å². The second-order valence-corrected chi connectivity index (χ2v) is 3.73. The van der Waals surface area contributed by atoms with E-state index in [-0.39, 0.29) is 5.92 Å². The molecule has 1 fully saturated rings. The maximum absolute atomic E-state index is 13.1. The lowest BCUT2D eigenvalue weighted by Crippen LogP contribution is -2.27. The van der Waals surface area contributed by atoms with Crippen LogP contribution in [0, 0.1) is 18.4 Å². The van der Waals surface area contributed by atoms with Crippen LogP contribution in [0.1, 0.15) is 32.6 Å². The van der Waals surface area contributed by atoms with E-state index in [2.05, 4.69) is 4.85 Å². The summed E-state index contributed by atoms with van der Waals surface area (Å²) >= 11 is 0. The van der Waals surface area contributed by atoms with Gasteiger partial charge in [-0.25, -0.2) is 11.0 Å². The number of hydrogen-bond acceptors (Lipinski definition) is 0. The van der Waals surface area contributed by atoms with Crippen LogP contribution in [-0.2, 0) is 0 Å². The molecule has 0 amide bonds. The van der Waals surface area contributed by atoms with Crippen LogP contribution in [0.4, 0.5) is 4.39 Å². The van der Waals surface area contributed by atoms with Crippen LogP contribution >= 0.6 is 0 Å². The standard InChI is InChI=1S/C10H16FN/c1-8(11)10-6-4-3-5-9(10)7-12-2/h8-10H,3-7H2,1H3. The molecule has 0 spiro atoms. The molecule has 1 aliphatic rings. The third-order valence-electron chi connectivity index (χ3n) is 2.88. The molecule has 68 valence electrons. The van der Waals surface area contributed by atoms with Gasteiger partial charge in [0.25, 0.3) is 0 Å². The van der Waals surface area contributed by atoms with Crippen LogP contribution in [0.3, 0.4) is 0 Å². The summed E-state index contributed by atoms with van der Waals surface area (Å²) in [6, 6.07) is 0. The van der Waals surface area contributed by atoms with Crippen molar-refractivity contribution in [1.82, 2.24) is 0 Å². The molecular weight excluding hydrogens is 153 g/mol. The van der Waals surface area contributed by atoms with Crippen molar-refractivity contribution in [3.63, 3.8) is 0 Å². The van der Waals surface area contributed by atoms with E-state index in [4.69, 9.17) is 6.57 Å². The number of rotatable bonds is 2. The number of alkyl halides is 1. The zero-order valence-corrected chi connectivity index (χ0v) is 7.59. The van der Waals surface area contributed by atoms with Gasteiger partial charge in [0, 0.05) is 5.92 Å². The first-order chi connectivity index (χ1) is 5.75. The normalized spacial score (nSPS) is 32.4. The monoisotopic (exact) mass is 169 g/mol. The van der Waals surface area contributed by atoms with Crippen LogP contribution in [0.15, 0.2) is 0 Å². The van der Waals surface area contributed by atoms with Gasteiger partial charge in [-0.3, -0.25) is 0 Å². The van der Waals surface area contributed by atoms with E-state index in [9.17, 15) is 4.39 Å². The minimum atomic E-state index is -0.725. The molecular formula is C10H16FN. The van der Waals surface area contributed by atoms with E-state index in [1.54, 1.807) is 6.92 Å². The Hall–Kier alpha value is -0.580. The lowest BCUT2D eigenvalue weighted by molar-refractivity contribution is 0.140. The fourth-order valence-electron chi connectivity index (χ4n) is 2.18. The molecule has 1 saturated carbocycles. The maximum atomic E-state index is 13.1. The van der Waals surface area contributed by atoms with E-state index in [0.717, 1.165) is 19.3 Å². The Kier molecular flexibility index (Phi) is 3.52. The summed E-state index contributed by atoms with van der Waals surface area (Å²) in [5, 5.41) is 0. The van der Waals surface area contributed by atoms with Crippen molar-refractivity contribution in [3.05, 3.63) is 11.4 Å². The molecule has 0 heterocycles. The quantitative estimate of drug-likeness (QED) is 0.559. The Morgan fingerprint density at radius 2 is 2.17 bits per heavy atom. The van der Waals surface area contributed by atoms with Crippen LogP contribution in [0.2, 0.25) is 0 Å². The van der Waals surface area contributed by atoms with E-state index < -0.39 is 6.17 Å². The average molecular weight is 169 g/mol. The lowest BCUT2D eigenvalue weighted by atomic mass is 9.77. The van der Waals surface area contributed by atoms with E-state index in [1.807, 2.05) is 0 Å². The Balaban J connectivity index is 2.49. The molecule has 0 saturated heterocycles. The maximum Gasteiger partial charge on any atom is 0.217 e. The fraction of sp³-hybridized carbons (Fsp3) is 0.900. The molecule has 3 unspecified atom stereocenters. The van der Waals surface area contributed by atoms with Crippen molar-refractivity contribution in [2.75, 3.05) is 6.54 Å². The number of nitrogens with zero attached hydrogens (tertiary/aromatic N) is 1. The van der Waals surface area contributed by atoms with Gasteiger partial charge < -0.3 is 4.85 Å². The first-order valence-corrected chi connectivity index (χ1v) is 4.73. The van der Waals surface area contributed by atoms with Crippen molar-refractivity contribution in [1.29, 1.82) is 0 Å². The molecule has 1 rings (SSSR count). The van der Waals surface area contributed by atoms with Crippen molar-refractivity contribution in [3.8, 4) is 0 Å².